The van der Waals surface area contributed by atoms with Crippen molar-refractivity contribution in [1.29, 1.82) is 0 Å². The number of hydrogen-bond donors (Lipinski definition) is 1. The predicted octanol–water partition coefficient (Wildman–Crippen LogP) is 5.41. The van der Waals surface area contributed by atoms with Crippen molar-refractivity contribution in [3.8, 4) is 5.75 Å². The normalized spacial score (nSPS) is 13.7. The van der Waals surface area contributed by atoms with Crippen LogP contribution in [-0.4, -0.2) is 18.4 Å². The molecule has 4 rings (SSSR count). The van der Waals surface area contributed by atoms with Gasteiger partial charge < -0.3 is 10.1 Å². The summed E-state index contributed by atoms with van der Waals surface area (Å²) in [6.07, 6.45) is 0. The third kappa shape index (κ3) is 3.89. The number of rotatable bonds is 6. The molecule has 162 valence electrons. The second-order valence-electron chi connectivity index (χ2n) is 7.90. The van der Waals surface area contributed by atoms with E-state index in [1.54, 1.807) is 12.1 Å². The average molecular weight is 427 g/mol. The van der Waals surface area contributed by atoms with Gasteiger partial charge in [0, 0.05) is 0 Å². The van der Waals surface area contributed by atoms with Crippen LogP contribution in [0, 0.1) is 20.8 Å². The molecule has 3 aromatic carbocycles. The van der Waals surface area contributed by atoms with Gasteiger partial charge in [0.05, 0.1) is 23.6 Å². The average Bonchev–Trinajstić information content (AvgIpc) is 3.00. The fourth-order valence-electron chi connectivity index (χ4n) is 3.90. The first-order valence-electron chi connectivity index (χ1n) is 10.7. The van der Waals surface area contributed by atoms with Crippen LogP contribution in [0.3, 0.4) is 0 Å². The van der Waals surface area contributed by atoms with E-state index in [0.717, 1.165) is 22.3 Å². The van der Waals surface area contributed by atoms with E-state index in [1.807, 2.05) is 82.3 Å². The molecule has 1 N–H and O–H groups in total. The summed E-state index contributed by atoms with van der Waals surface area (Å²) in [4.78, 5) is 28.4. The molecule has 0 saturated carbocycles. The smallest absolute Gasteiger partial charge is 0.282 e. The van der Waals surface area contributed by atoms with Gasteiger partial charge in [-0.15, -0.1) is 0 Å². The van der Waals surface area contributed by atoms with E-state index in [-0.39, 0.29) is 17.5 Å². The molecular weight excluding hydrogens is 400 g/mol. The SMILES string of the molecule is CCOc1ccccc1NC1=C(c2ccc(C)cc2C)C(=O)N(c2ccc(C)cc2)C1=O. The van der Waals surface area contributed by atoms with E-state index in [0.29, 0.717) is 29.3 Å². The van der Waals surface area contributed by atoms with E-state index in [9.17, 15) is 9.59 Å². The van der Waals surface area contributed by atoms with Crippen LogP contribution in [0.4, 0.5) is 11.4 Å². The molecule has 32 heavy (non-hydrogen) atoms. The highest BCUT2D eigenvalue weighted by Gasteiger charge is 2.41. The van der Waals surface area contributed by atoms with Crippen LogP contribution in [0.15, 0.2) is 72.4 Å². The minimum atomic E-state index is -0.389. The number of para-hydroxylation sites is 2. The molecule has 0 unspecified atom stereocenters. The number of imide groups is 1. The molecule has 5 nitrogen and oxygen atoms in total. The Labute approximate surface area is 188 Å². The quantitative estimate of drug-likeness (QED) is 0.536. The van der Waals surface area contributed by atoms with Gasteiger partial charge in [-0.1, -0.05) is 53.6 Å². The third-order valence-electron chi connectivity index (χ3n) is 5.47. The van der Waals surface area contributed by atoms with Gasteiger partial charge in [0.1, 0.15) is 11.4 Å². The zero-order valence-electron chi connectivity index (χ0n) is 18.7. The fourth-order valence-corrected chi connectivity index (χ4v) is 3.90. The van der Waals surface area contributed by atoms with Crippen LogP contribution in [0.2, 0.25) is 0 Å². The Hall–Kier alpha value is -3.86. The zero-order valence-corrected chi connectivity index (χ0v) is 18.7. The van der Waals surface area contributed by atoms with E-state index in [1.165, 1.54) is 4.90 Å². The second kappa shape index (κ2) is 8.71. The molecule has 0 aliphatic carbocycles. The number of carbonyl (C=O) groups is 2. The first-order valence-corrected chi connectivity index (χ1v) is 10.7. The Kier molecular flexibility index (Phi) is 5.82. The van der Waals surface area contributed by atoms with Crippen LogP contribution in [-0.2, 0) is 9.59 Å². The van der Waals surface area contributed by atoms with Crippen molar-refractivity contribution >= 4 is 28.8 Å². The molecule has 1 heterocycles. The zero-order chi connectivity index (χ0) is 22.8. The molecule has 3 aromatic rings. The maximum Gasteiger partial charge on any atom is 0.282 e. The van der Waals surface area contributed by atoms with E-state index in [2.05, 4.69) is 5.32 Å². The Morgan fingerprint density at radius 1 is 0.844 bits per heavy atom. The van der Waals surface area contributed by atoms with Crippen molar-refractivity contribution < 1.29 is 14.3 Å². The largest absolute Gasteiger partial charge is 0.492 e. The summed E-state index contributed by atoms with van der Waals surface area (Å²) in [7, 11) is 0. The number of carbonyl (C=O) groups excluding carboxylic acids is 2. The first-order chi connectivity index (χ1) is 15.4. The number of nitrogens with zero attached hydrogens (tertiary/aromatic N) is 1. The summed E-state index contributed by atoms with van der Waals surface area (Å²) in [5.41, 5.74) is 5.61. The molecule has 0 fully saturated rings. The van der Waals surface area contributed by atoms with Crippen LogP contribution >= 0.6 is 0 Å². The summed E-state index contributed by atoms with van der Waals surface area (Å²) >= 11 is 0. The minimum Gasteiger partial charge on any atom is -0.492 e. The molecule has 0 aromatic heterocycles. The lowest BCUT2D eigenvalue weighted by Crippen LogP contribution is -2.32. The monoisotopic (exact) mass is 426 g/mol. The molecule has 0 atom stereocenters. The topological polar surface area (TPSA) is 58.6 Å². The molecule has 0 bridgehead atoms. The number of hydrogen-bond acceptors (Lipinski definition) is 4. The molecule has 5 heteroatoms. The van der Waals surface area contributed by atoms with Gasteiger partial charge in [0.2, 0.25) is 0 Å². The van der Waals surface area contributed by atoms with Crippen molar-refractivity contribution in [2.45, 2.75) is 27.7 Å². The maximum absolute atomic E-state index is 13.6. The number of anilines is 2. The Morgan fingerprint density at radius 3 is 2.22 bits per heavy atom. The summed E-state index contributed by atoms with van der Waals surface area (Å²) in [5, 5.41) is 3.22. The van der Waals surface area contributed by atoms with Crippen LogP contribution in [0.5, 0.6) is 5.75 Å². The fraction of sp³-hybridized carbons (Fsp3) is 0.185. The maximum atomic E-state index is 13.6. The molecule has 0 spiro atoms. The number of nitrogens with one attached hydrogen (secondary N) is 1. The molecule has 0 saturated heterocycles. The summed E-state index contributed by atoms with van der Waals surface area (Å²) < 4.78 is 5.72. The Bertz CT molecular complexity index is 1230. The van der Waals surface area contributed by atoms with Gasteiger partial charge in [-0.05, 0) is 63.1 Å². The van der Waals surface area contributed by atoms with Gasteiger partial charge >= 0.3 is 0 Å². The number of aryl methyl sites for hydroxylation is 3. The summed E-state index contributed by atoms with van der Waals surface area (Å²) in [6, 6.07) is 20.6. The summed E-state index contributed by atoms with van der Waals surface area (Å²) in [5.74, 6) is -0.112. The minimum absolute atomic E-state index is 0.245. The van der Waals surface area contributed by atoms with Crippen LogP contribution in [0.1, 0.15) is 29.2 Å². The first kappa shape index (κ1) is 21.4. The lowest BCUT2D eigenvalue weighted by atomic mass is 9.97. The van der Waals surface area contributed by atoms with Gasteiger partial charge in [-0.25, -0.2) is 4.90 Å². The van der Waals surface area contributed by atoms with E-state index >= 15 is 0 Å². The van der Waals surface area contributed by atoms with Crippen molar-refractivity contribution in [2.75, 3.05) is 16.8 Å². The van der Waals surface area contributed by atoms with Gasteiger partial charge in [-0.2, -0.15) is 0 Å². The Balaban J connectivity index is 1.86. The third-order valence-corrected chi connectivity index (χ3v) is 5.47. The number of ether oxygens (including phenoxy) is 1. The summed E-state index contributed by atoms with van der Waals surface area (Å²) in [6.45, 7) is 8.31. The molecule has 2 amide bonds. The number of benzene rings is 3. The molecule has 1 aliphatic heterocycles. The highest BCUT2D eigenvalue weighted by atomic mass is 16.5. The molecular formula is C27H26N2O3. The van der Waals surface area contributed by atoms with Gasteiger partial charge in [0.15, 0.2) is 0 Å². The number of amides is 2. The highest BCUT2D eigenvalue weighted by molar-refractivity contribution is 6.46. The standard InChI is InChI=1S/C27H26N2O3/c1-5-32-23-9-7-6-8-22(23)28-25-24(21-15-12-18(3)16-19(21)4)26(30)29(27(25)31)20-13-10-17(2)11-14-20/h6-16,28H,5H2,1-4H3. The van der Waals surface area contributed by atoms with E-state index in [4.69, 9.17) is 4.74 Å². The highest BCUT2D eigenvalue weighted by Crippen LogP contribution is 2.36. The second-order valence-corrected chi connectivity index (χ2v) is 7.90. The molecule has 1 aliphatic rings. The predicted molar refractivity (Wildman–Crippen MR) is 128 cm³/mol. The van der Waals surface area contributed by atoms with Crippen molar-refractivity contribution in [2.24, 2.45) is 0 Å². The van der Waals surface area contributed by atoms with Crippen LogP contribution < -0.4 is 15.0 Å². The van der Waals surface area contributed by atoms with Crippen molar-refractivity contribution in [1.82, 2.24) is 0 Å². The van der Waals surface area contributed by atoms with E-state index < -0.39 is 0 Å². The van der Waals surface area contributed by atoms with Gasteiger partial charge in [-0.3, -0.25) is 9.59 Å². The van der Waals surface area contributed by atoms with Gasteiger partial charge in [0.25, 0.3) is 11.8 Å². The van der Waals surface area contributed by atoms with Crippen molar-refractivity contribution in [3.05, 3.63) is 94.7 Å². The van der Waals surface area contributed by atoms with Crippen molar-refractivity contribution in [3.63, 3.8) is 0 Å². The van der Waals surface area contributed by atoms with Crippen LogP contribution in [0.25, 0.3) is 5.57 Å². The Morgan fingerprint density at radius 2 is 1.53 bits per heavy atom. The molecule has 0 radical (unpaired) electrons. The lowest BCUT2D eigenvalue weighted by molar-refractivity contribution is -0.120. The lowest BCUT2D eigenvalue weighted by Gasteiger charge is -2.16.